The average Bonchev–Trinajstić information content (AvgIpc) is 2.96. The summed E-state index contributed by atoms with van der Waals surface area (Å²) in [6, 6.07) is 2.05. The number of nitrogens with one attached hydrogen (secondary N) is 1. The maximum Gasteiger partial charge on any atom is 0.157 e. The Hall–Kier alpha value is -0.220. The maximum absolute atomic E-state index is 4.82. The van der Waals surface area contributed by atoms with Crippen molar-refractivity contribution in [1.82, 2.24) is 10.2 Å². The van der Waals surface area contributed by atoms with Gasteiger partial charge in [0.25, 0.3) is 0 Å². The summed E-state index contributed by atoms with van der Waals surface area (Å²) in [7, 11) is 0. The standard InChI is InChI=1S/C14H25N3S/c1-10(2)13-9-18-14(16-13)15-11-5-7-17-6-3-4-12(17)8-11/h10-13H,3-9H2,1-2H3,(H,15,16). The van der Waals surface area contributed by atoms with Crippen molar-refractivity contribution in [2.24, 2.45) is 10.9 Å². The zero-order valence-corrected chi connectivity index (χ0v) is 12.4. The van der Waals surface area contributed by atoms with Crippen LogP contribution in [0, 0.1) is 5.92 Å². The molecule has 0 bridgehead atoms. The highest BCUT2D eigenvalue weighted by Crippen LogP contribution is 2.28. The van der Waals surface area contributed by atoms with Gasteiger partial charge in [0.2, 0.25) is 0 Å². The lowest BCUT2D eigenvalue weighted by Gasteiger charge is -2.35. The Morgan fingerprint density at radius 2 is 2.22 bits per heavy atom. The van der Waals surface area contributed by atoms with E-state index in [2.05, 4.69) is 24.1 Å². The molecule has 4 heteroatoms. The monoisotopic (exact) mass is 267 g/mol. The molecular weight excluding hydrogens is 242 g/mol. The van der Waals surface area contributed by atoms with Crippen LogP contribution in [0.25, 0.3) is 0 Å². The van der Waals surface area contributed by atoms with Crippen molar-refractivity contribution in [3.05, 3.63) is 0 Å². The summed E-state index contributed by atoms with van der Waals surface area (Å²) < 4.78 is 0. The van der Waals surface area contributed by atoms with Gasteiger partial charge in [-0.2, -0.15) is 0 Å². The lowest BCUT2D eigenvalue weighted by molar-refractivity contribution is 0.175. The molecule has 2 fully saturated rings. The Morgan fingerprint density at radius 3 is 3.00 bits per heavy atom. The third kappa shape index (κ3) is 2.69. The summed E-state index contributed by atoms with van der Waals surface area (Å²) in [4.78, 5) is 7.50. The van der Waals surface area contributed by atoms with Crippen LogP contribution in [0.5, 0.6) is 0 Å². The SMILES string of the molecule is CC(C)C1CSC(NC2CCN3CCCC3C2)=N1. The van der Waals surface area contributed by atoms with Gasteiger partial charge in [-0.1, -0.05) is 25.6 Å². The number of hydrogen-bond donors (Lipinski definition) is 1. The molecule has 3 aliphatic heterocycles. The Morgan fingerprint density at radius 1 is 1.33 bits per heavy atom. The van der Waals surface area contributed by atoms with Gasteiger partial charge in [-0.25, -0.2) is 0 Å². The van der Waals surface area contributed by atoms with Gasteiger partial charge in [-0.05, 0) is 38.1 Å². The molecule has 0 amide bonds. The van der Waals surface area contributed by atoms with Crippen LogP contribution in [0.15, 0.2) is 4.99 Å². The highest BCUT2D eigenvalue weighted by atomic mass is 32.2. The van der Waals surface area contributed by atoms with Gasteiger partial charge in [0, 0.05) is 24.4 Å². The van der Waals surface area contributed by atoms with Crippen molar-refractivity contribution >= 4 is 16.9 Å². The first-order valence-electron chi connectivity index (χ1n) is 7.43. The number of hydrogen-bond acceptors (Lipinski definition) is 4. The second kappa shape index (κ2) is 5.41. The van der Waals surface area contributed by atoms with Crippen molar-refractivity contribution in [3.8, 4) is 0 Å². The molecule has 102 valence electrons. The number of fused-ring (bicyclic) bond motifs is 1. The van der Waals surface area contributed by atoms with Gasteiger partial charge in [0.05, 0.1) is 6.04 Å². The maximum atomic E-state index is 4.82. The number of nitrogens with zero attached hydrogens (tertiary/aromatic N) is 2. The predicted octanol–water partition coefficient (Wildman–Crippen LogP) is 2.33. The van der Waals surface area contributed by atoms with E-state index >= 15 is 0 Å². The Kier molecular flexibility index (Phi) is 3.85. The highest BCUT2D eigenvalue weighted by molar-refractivity contribution is 8.14. The van der Waals surface area contributed by atoms with E-state index in [-0.39, 0.29) is 0 Å². The lowest BCUT2D eigenvalue weighted by atomic mass is 9.98. The van der Waals surface area contributed by atoms with E-state index < -0.39 is 0 Å². The van der Waals surface area contributed by atoms with Gasteiger partial charge < -0.3 is 10.2 Å². The fraction of sp³-hybridized carbons (Fsp3) is 0.929. The summed E-state index contributed by atoms with van der Waals surface area (Å²) in [5, 5.41) is 4.91. The summed E-state index contributed by atoms with van der Waals surface area (Å²) in [5.41, 5.74) is 0. The quantitative estimate of drug-likeness (QED) is 0.832. The molecule has 0 aromatic heterocycles. The fourth-order valence-corrected chi connectivity index (χ4v) is 4.59. The smallest absolute Gasteiger partial charge is 0.157 e. The summed E-state index contributed by atoms with van der Waals surface area (Å²) in [6.45, 7) is 7.17. The number of piperidine rings is 1. The molecule has 18 heavy (non-hydrogen) atoms. The minimum Gasteiger partial charge on any atom is -0.362 e. The van der Waals surface area contributed by atoms with Gasteiger partial charge in [0.1, 0.15) is 0 Å². The van der Waals surface area contributed by atoms with Crippen LogP contribution < -0.4 is 5.32 Å². The second-order valence-corrected chi connectivity index (χ2v) is 7.26. The van der Waals surface area contributed by atoms with Gasteiger partial charge >= 0.3 is 0 Å². The fourth-order valence-electron chi connectivity index (χ4n) is 3.34. The Labute approximate surface area is 115 Å². The first-order chi connectivity index (χ1) is 8.72. The largest absolute Gasteiger partial charge is 0.362 e. The van der Waals surface area contributed by atoms with Crippen molar-refractivity contribution in [2.45, 2.75) is 57.7 Å². The molecule has 3 rings (SSSR count). The summed E-state index contributed by atoms with van der Waals surface area (Å²) in [5.74, 6) is 1.84. The van der Waals surface area contributed by atoms with Crippen molar-refractivity contribution in [1.29, 1.82) is 0 Å². The molecule has 0 aromatic rings. The van der Waals surface area contributed by atoms with Crippen LogP contribution in [0.3, 0.4) is 0 Å². The number of thioether (sulfide) groups is 1. The van der Waals surface area contributed by atoms with Gasteiger partial charge in [-0.15, -0.1) is 0 Å². The molecule has 0 spiro atoms. The van der Waals surface area contributed by atoms with E-state index in [9.17, 15) is 0 Å². The minimum atomic E-state index is 0.532. The molecule has 0 aromatic carbocycles. The molecule has 0 saturated carbocycles. The molecule has 0 aliphatic carbocycles. The average molecular weight is 267 g/mol. The van der Waals surface area contributed by atoms with Crippen LogP contribution in [0.1, 0.15) is 39.5 Å². The molecule has 3 atom stereocenters. The van der Waals surface area contributed by atoms with Crippen molar-refractivity contribution in [3.63, 3.8) is 0 Å². The van der Waals surface area contributed by atoms with Crippen LogP contribution >= 0.6 is 11.8 Å². The van der Waals surface area contributed by atoms with Gasteiger partial charge in [-0.3, -0.25) is 4.99 Å². The van der Waals surface area contributed by atoms with E-state index in [0.717, 1.165) is 6.04 Å². The molecule has 1 N–H and O–H groups in total. The van der Waals surface area contributed by atoms with E-state index in [1.165, 1.54) is 49.7 Å². The lowest BCUT2D eigenvalue weighted by Crippen LogP contribution is -2.46. The van der Waals surface area contributed by atoms with E-state index in [1.807, 2.05) is 11.8 Å². The molecule has 3 nitrogen and oxygen atoms in total. The first-order valence-corrected chi connectivity index (χ1v) is 8.42. The predicted molar refractivity (Wildman–Crippen MR) is 79.3 cm³/mol. The molecule has 2 saturated heterocycles. The zero-order valence-electron chi connectivity index (χ0n) is 11.6. The van der Waals surface area contributed by atoms with E-state index in [1.54, 1.807) is 0 Å². The van der Waals surface area contributed by atoms with Gasteiger partial charge in [0.15, 0.2) is 5.17 Å². The molecule has 3 heterocycles. The second-order valence-electron chi connectivity index (χ2n) is 6.25. The highest BCUT2D eigenvalue weighted by Gasteiger charge is 2.32. The third-order valence-corrected chi connectivity index (χ3v) is 5.60. The zero-order chi connectivity index (χ0) is 12.5. The van der Waals surface area contributed by atoms with E-state index in [0.29, 0.717) is 18.0 Å². The minimum absolute atomic E-state index is 0.532. The molecule has 3 aliphatic rings. The number of amidine groups is 1. The first kappa shape index (κ1) is 12.8. The Balaban J connectivity index is 1.53. The van der Waals surface area contributed by atoms with E-state index in [4.69, 9.17) is 4.99 Å². The van der Waals surface area contributed by atoms with Crippen molar-refractivity contribution < 1.29 is 0 Å². The van der Waals surface area contributed by atoms with Crippen molar-refractivity contribution in [2.75, 3.05) is 18.8 Å². The summed E-state index contributed by atoms with van der Waals surface area (Å²) in [6.07, 6.45) is 5.43. The molecular formula is C14H25N3S. The van der Waals surface area contributed by atoms with Crippen LogP contribution in [0.4, 0.5) is 0 Å². The Bertz CT molecular complexity index is 329. The third-order valence-electron chi connectivity index (χ3n) is 4.59. The van der Waals surface area contributed by atoms with Crippen LogP contribution in [0.2, 0.25) is 0 Å². The normalized spacial score (nSPS) is 36.8. The number of aliphatic imine (C=N–C) groups is 1. The van der Waals surface area contributed by atoms with Crippen LogP contribution in [-0.4, -0.2) is 47.0 Å². The topological polar surface area (TPSA) is 27.6 Å². The molecule has 0 radical (unpaired) electrons. The molecule has 3 unspecified atom stereocenters. The van der Waals surface area contributed by atoms with Crippen LogP contribution in [-0.2, 0) is 0 Å². The summed E-state index contributed by atoms with van der Waals surface area (Å²) >= 11 is 1.92. The number of rotatable bonds is 2.